The molecule has 0 aliphatic carbocycles. The number of H-pyrrole nitrogens is 1. The van der Waals surface area contributed by atoms with Gasteiger partial charge in [-0.2, -0.15) is 13.5 Å². The molecule has 1 heterocycles. The summed E-state index contributed by atoms with van der Waals surface area (Å²) in [6.45, 7) is 0. The third kappa shape index (κ3) is 2.36. The molecule has 3 N–H and O–H groups in total. The monoisotopic (exact) mass is 257 g/mol. The SMILES string of the molecule is O=S(=O)(Nc1ccc(O)c(F)c1)c1ccn[nH]1. The molecule has 0 bridgehead atoms. The summed E-state index contributed by atoms with van der Waals surface area (Å²) in [4.78, 5) is 0. The second-order valence-electron chi connectivity index (χ2n) is 3.19. The molecule has 2 aromatic rings. The van der Waals surface area contributed by atoms with Gasteiger partial charge in [0.15, 0.2) is 16.6 Å². The molecule has 0 atom stereocenters. The Labute approximate surface area is 96.2 Å². The molecular formula is C9H8FN3O3S. The van der Waals surface area contributed by atoms with Gasteiger partial charge in [0.05, 0.1) is 11.9 Å². The molecule has 0 radical (unpaired) electrons. The quantitative estimate of drug-likeness (QED) is 0.716. The van der Waals surface area contributed by atoms with Crippen LogP contribution in [-0.4, -0.2) is 23.7 Å². The van der Waals surface area contributed by atoms with Gasteiger partial charge >= 0.3 is 0 Å². The molecule has 0 spiro atoms. The minimum Gasteiger partial charge on any atom is -0.505 e. The Morgan fingerprint density at radius 2 is 2.12 bits per heavy atom. The van der Waals surface area contributed by atoms with Crippen molar-refractivity contribution in [1.82, 2.24) is 10.2 Å². The van der Waals surface area contributed by atoms with Gasteiger partial charge in [-0.15, -0.1) is 0 Å². The van der Waals surface area contributed by atoms with E-state index in [-0.39, 0.29) is 10.7 Å². The number of sulfonamides is 1. The van der Waals surface area contributed by atoms with Crippen molar-refractivity contribution in [2.45, 2.75) is 5.03 Å². The van der Waals surface area contributed by atoms with Gasteiger partial charge in [-0.25, -0.2) is 4.39 Å². The smallest absolute Gasteiger partial charge is 0.278 e. The first-order valence-corrected chi connectivity index (χ1v) is 5.98. The van der Waals surface area contributed by atoms with Gasteiger partial charge in [0.25, 0.3) is 10.0 Å². The average Bonchev–Trinajstić information content (AvgIpc) is 2.77. The van der Waals surface area contributed by atoms with Crippen LogP contribution in [0.15, 0.2) is 35.5 Å². The van der Waals surface area contributed by atoms with Crippen LogP contribution in [0, 0.1) is 5.82 Å². The zero-order valence-corrected chi connectivity index (χ0v) is 9.20. The average molecular weight is 257 g/mol. The molecule has 17 heavy (non-hydrogen) atoms. The topological polar surface area (TPSA) is 95.1 Å². The van der Waals surface area contributed by atoms with Crippen molar-refractivity contribution in [3.8, 4) is 5.75 Å². The zero-order valence-electron chi connectivity index (χ0n) is 8.38. The molecule has 0 fully saturated rings. The van der Waals surface area contributed by atoms with E-state index in [9.17, 15) is 12.8 Å². The Bertz CT molecular complexity index is 625. The van der Waals surface area contributed by atoms with Gasteiger partial charge in [0, 0.05) is 6.07 Å². The molecule has 90 valence electrons. The summed E-state index contributed by atoms with van der Waals surface area (Å²) in [5.41, 5.74) is 0.00917. The van der Waals surface area contributed by atoms with Crippen LogP contribution in [0.3, 0.4) is 0 Å². The Kier molecular flexibility index (Phi) is 2.72. The molecule has 0 aliphatic rings. The molecule has 1 aromatic heterocycles. The van der Waals surface area contributed by atoms with E-state index >= 15 is 0 Å². The van der Waals surface area contributed by atoms with Crippen molar-refractivity contribution in [3.63, 3.8) is 0 Å². The summed E-state index contributed by atoms with van der Waals surface area (Å²) in [6.07, 6.45) is 1.28. The Morgan fingerprint density at radius 3 is 2.71 bits per heavy atom. The van der Waals surface area contributed by atoms with Crippen molar-refractivity contribution in [2.24, 2.45) is 0 Å². The number of rotatable bonds is 3. The second-order valence-corrected chi connectivity index (χ2v) is 4.84. The minimum atomic E-state index is -3.82. The lowest BCUT2D eigenvalue weighted by molar-refractivity contribution is 0.432. The second kappa shape index (κ2) is 4.06. The summed E-state index contributed by atoms with van der Waals surface area (Å²) >= 11 is 0. The van der Waals surface area contributed by atoms with Crippen molar-refractivity contribution >= 4 is 15.7 Å². The minimum absolute atomic E-state index is 0.00917. The number of benzene rings is 1. The van der Waals surface area contributed by atoms with Crippen LogP contribution in [0.5, 0.6) is 5.75 Å². The van der Waals surface area contributed by atoms with E-state index in [4.69, 9.17) is 5.11 Å². The normalized spacial score (nSPS) is 11.4. The third-order valence-corrected chi connectivity index (χ3v) is 3.28. The maximum absolute atomic E-state index is 13.0. The van der Waals surface area contributed by atoms with Gasteiger partial charge in [-0.3, -0.25) is 9.82 Å². The highest BCUT2D eigenvalue weighted by atomic mass is 32.2. The lowest BCUT2D eigenvalue weighted by Crippen LogP contribution is -2.13. The van der Waals surface area contributed by atoms with E-state index in [0.717, 1.165) is 12.1 Å². The Morgan fingerprint density at radius 1 is 1.35 bits per heavy atom. The third-order valence-electron chi connectivity index (χ3n) is 1.96. The van der Waals surface area contributed by atoms with E-state index < -0.39 is 21.6 Å². The van der Waals surface area contributed by atoms with Gasteiger partial charge in [0.1, 0.15) is 0 Å². The first-order valence-electron chi connectivity index (χ1n) is 4.50. The van der Waals surface area contributed by atoms with E-state index in [1.54, 1.807) is 0 Å². The molecule has 6 nitrogen and oxygen atoms in total. The molecule has 8 heteroatoms. The van der Waals surface area contributed by atoms with Gasteiger partial charge in [-0.05, 0) is 18.2 Å². The van der Waals surface area contributed by atoms with E-state index in [0.29, 0.717) is 0 Å². The molecule has 0 unspecified atom stereocenters. The fraction of sp³-hybridized carbons (Fsp3) is 0. The zero-order chi connectivity index (χ0) is 12.5. The van der Waals surface area contributed by atoms with Crippen molar-refractivity contribution in [2.75, 3.05) is 4.72 Å². The van der Waals surface area contributed by atoms with Crippen molar-refractivity contribution < 1.29 is 17.9 Å². The number of aromatic hydroxyl groups is 1. The highest BCUT2D eigenvalue weighted by Gasteiger charge is 2.16. The van der Waals surface area contributed by atoms with Crippen LogP contribution in [-0.2, 0) is 10.0 Å². The molecule has 1 aromatic carbocycles. The highest BCUT2D eigenvalue weighted by molar-refractivity contribution is 7.92. The number of halogens is 1. The first-order chi connectivity index (χ1) is 7.99. The number of hydrogen-bond donors (Lipinski definition) is 3. The standard InChI is InChI=1S/C9H8FN3O3S/c10-7-5-6(1-2-8(7)14)13-17(15,16)9-3-4-11-12-9/h1-5,13-14H,(H,11,12). The van der Waals surface area contributed by atoms with Crippen LogP contribution in [0.2, 0.25) is 0 Å². The number of anilines is 1. The van der Waals surface area contributed by atoms with E-state index in [2.05, 4.69) is 14.9 Å². The van der Waals surface area contributed by atoms with Crippen LogP contribution < -0.4 is 4.72 Å². The van der Waals surface area contributed by atoms with Gasteiger partial charge in [-0.1, -0.05) is 0 Å². The molecule has 0 saturated carbocycles. The summed E-state index contributed by atoms with van der Waals surface area (Å²) < 4.78 is 38.5. The Hall–Kier alpha value is -2.09. The van der Waals surface area contributed by atoms with Gasteiger partial charge in [0.2, 0.25) is 0 Å². The number of nitrogens with one attached hydrogen (secondary N) is 2. The summed E-state index contributed by atoms with van der Waals surface area (Å²) in [6, 6.07) is 4.44. The van der Waals surface area contributed by atoms with Crippen LogP contribution in [0.25, 0.3) is 0 Å². The van der Waals surface area contributed by atoms with Crippen molar-refractivity contribution in [3.05, 3.63) is 36.3 Å². The number of phenols is 1. The molecule has 0 amide bonds. The molecule has 2 rings (SSSR count). The maximum Gasteiger partial charge on any atom is 0.278 e. The largest absolute Gasteiger partial charge is 0.505 e. The fourth-order valence-electron chi connectivity index (χ4n) is 1.17. The number of hydrogen-bond acceptors (Lipinski definition) is 4. The van der Waals surface area contributed by atoms with Crippen LogP contribution >= 0.6 is 0 Å². The number of aromatic amines is 1. The predicted octanol–water partition coefficient (Wildman–Crippen LogP) is 1.06. The lowest BCUT2D eigenvalue weighted by Gasteiger charge is -2.06. The first kappa shape index (κ1) is 11.4. The van der Waals surface area contributed by atoms with E-state index in [1.165, 1.54) is 18.3 Å². The van der Waals surface area contributed by atoms with Crippen LogP contribution in [0.4, 0.5) is 10.1 Å². The fourth-order valence-corrected chi connectivity index (χ4v) is 2.13. The summed E-state index contributed by atoms with van der Waals surface area (Å²) in [5, 5.41) is 14.6. The lowest BCUT2D eigenvalue weighted by atomic mass is 10.3. The molecule has 0 saturated heterocycles. The molecular weight excluding hydrogens is 249 g/mol. The summed E-state index contributed by atoms with van der Waals surface area (Å²) in [5.74, 6) is -1.45. The van der Waals surface area contributed by atoms with Crippen molar-refractivity contribution in [1.29, 1.82) is 0 Å². The molecule has 0 aliphatic heterocycles. The maximum atomic E-state index is 13.0. The summed E-state index contributed by atoms with van der Waals surface area (Å²) in [7, 11) is -3.82. The predicted molar refractivity (Wildman–Crippen MR) is 57.5 cm³/mol. The number of phenolic OH excluding ortho intramolecular Hbond substituents is 1. The Balaban J connectivity index is 2.30. The highest BCUT2D eigenvalue weighted by Crippen LogP contribution is 2.21. The van der Waals surface area contributed by atoms with E-state index in [1.807, 2.05) is 0 Å². The van der Waals surface area contributed by atoms with Gasteiger partial charge < -0.3 is 5.11 Å². The number of nitrogens with zero attached hydrogens (tertiary/aromatic N) is 1. The number of aromatic nitrogens is 2. The van der Waals surface area contributed by atoms with Crippen LogP contribution in [0.1, 0.15) is 0 Å².